The summed E-state index contributed by atoms with van der Waals surface area (Å²) < 4.78 is 10.2. The van der Waals surface area contributed by atoms with E-state index in [2.05, 4.69) is 23.1 Å². The first-order valence-corrected chi connectivity index (χ1v) is 5.57. The maximum absolute atomic E-state index is 8.53. The lowest BCUT2D eigenvalue weighted by molar-refractivity contribution is 0.144. The van der Waals surface area contributed by atoms with Crippen molar-refractivity contribution in [2.24, 2.45) is 4.99 Å². The quantitative estimate of drug-likeness (QED) is 0.427. The number of hydrogen-bond acceptors (Lipinski definition) is 5. The first-order valence-electron chi connectivity index (χ1n) is 5.57. The molecule has 1 aromatic rings. The standard InChI is InChI=1S/C14H15N3O2/c1-11(9-16-12(2)8-15)13-4-5-14(17-10-13)19-7-6-18-3/h4-5,9-10H,1-2,6-7H2,3H3. The monoisotopic (exact) mass is 257 g/mol. The Labute approximate surface area is 112 Å². The summed E-state index contributed by atoms with van der Waals surface area (Å²) in [5.41, 5.74) is 1.58. The van der Waals surface area contributed by atoms with E-state index in [1.165, 1.54) is 6.21 Å². The molecule has 5 nitrogen and oxygen atoms in total. The number of nitriles is 1. The summed E-state index contributed by atoms with van der Waals surface area (Å²) in [4.78, 5) is 7.98. The molecular formula is C14H15N3O2. The summed E-state index contributed by atoms with van der Waals surface area (Å²) in [6.45, 7) is 8.25. The topological polar surface area (TPSA) is 67.5 Å². The molecule has 0 unspecified atom stereocenters. The predicted octanol–water partition coefficient (Wildman–Crippen LogP) is 2.23. The lowest BCUT2D eigenvalue weighted by Crippen LogP contribution is -2.05. The summed E-state index contributed by atoms with van der Waals surface area (Å²) in [7, 11) is 1.61. The zero-order chi connectivity index (χ0) is 14.1. The lowest BCUT2D eigenvalue weighted by Gasteiger charge is -2.05. The van der Waals surface area contributed by atoms with Gasteiger partial charge in [-0.1, -0.05) is 13.2 Å². The number of hydrogen-bond donors (Lipinski definition) is 0. The Morgan fingerprint density at radius 3 is 2.84 bits per heavy atom. The molecule has 0 bridgehead atoms. The molecule has 0 atom stereocenters. The highest BCUT2D eigenvalue weighted by molar-refractivity contribution is 6.09. The Morgan fingerprint density at radius 1 is 1.47 bits per heavy atom. The van der Waals surface area contributed by atoms with E-state index >= 15 is 0 Å². The molecule has 0 aliphatic carbocycles. The number of aromatic nitrogens is 1. The number of aliphatic imine (C=N–C) groups is 1. The van der Waals surface area contributed by atoms with Crippen LogP contribution in [0.15, 0.2) is 42.2 Å². The van der Waals surface area contributed by atoms with Crippen molar-refractivity contribution >= 4 is 11.8 Å². The van der Waals surface area contributed by atoms with Crippen LogP contribution in [0.25, 0.3) is 5.57 Å². The van der Waals surface area contributed by atoms with Gasteiger partial charge in [-0.2, -0.15) is 5.26 Å². The zero-order valence-corrected chi connectivity index (χ0v) is 10.8. The molecule has 19 heavy (non-hydrogen) atoms. The minimum Gasteiger partial charge on any atom is -0.475 e. The lowest BCUT2D eigenvalue weighted by atomic mass is 10.1. The van der Waals surface area contributed by atoms with Gasteiger partial charge in [-0.25, -0.2) is 9.98 Å². The van der Waals surface area contributed by atoms with Crippen LogP contribution in [-0.2, 0) is 4.74 Å². The van der Waals surface area contributed by atoms with Crippen molar-refractivity contribution in [2.75, 3.05) is 20.3 Å². The maximum Gasteiger partial charge on any atom is 0.213 e. The van der Waals surface area contributed by atoms with Crippen LogP contribution in [0.2, 0.25) is 0 Å². The minimum atomic E-state index is 0.133. The van der Waals surface area contributed by atoms with E-state index in [1.54, 1.807) is 19.4 Å². The highest BCUT2D eigenvalue weighted by Gasteiger charge is 1.99. The second-order valence-corrected chi connectivity index (χ2v) is 3.57. The van der Waals surface area contributed by atoms with Crippen LogP contribution in [0.1, 0.15) is 5.56 Å². The predicted molar refractivity (Wildman–Crippen MR) is 73.9 cm³/mol. The van der Waals surface area contributed by atoms with E-state index in [1.807, 2.05) is 12.1 Å². The van der Waals surface area contributed by atoms with Crippen LogP contribution in [0.4, 0.5) is 0 Å². The van der Waals surface area contributed by atoms with E-state index in [0.717, 1.165) is 5.56 Å². The SMILES string of the molecule is C=C(C#N)N=CC(=C)c1ccc(OCCOC)nc1. The Kier molecular flexibility index (Phi) is 5.99. The maximum atomic E-state index is 8.53. The minimum absolute atomic E-state index is 0.133. The molecule has 1 heterocycles. The molecule has 0 saturated heterocycles. The van der Waals surface area contributed by atoms with E-state index in [9.17, 15) is 0 Å². The second-order valence-electron chi connectivity index (χ2n) is 3.57. The zero-order valence-electron chi connectivity index (χ0n) is 10.8. The van der Waals surface area contributed by atoms with Gasteiger partial charge in [-0.3, -0.25) is 0 Å². The molecular weight excluding hydrogens is 242 g/mol. The van der Waals surface area contributed by atoms with Crippen molar-refractivity contribution in [1.29, 1.82) is 5.26 Å². The van der Waals surface area contributed by atoms with Crippen LogP contribution >= 0.6 is 0 Å². The largest absolute Gasteiger partial charge is 0.475 e. The van der Waals surface area contributed by atoms with Crippen LogP contribution in [0.5, 0.6) is 5.88 Å². The van der Waals surface area contributed by atoms with Crippen LogP contribution in [0, 0.1) is 11.3 Å². The van der Waals surface area contributed by atoms with Crippen molar-refractivity contribution < 1.29 is 9.47 Å². The van der Waals surface area contributed by atoms with E-state index in [-0.39, 0.29) is 5.70 Å². The average molecular weight is 257 g/mol. The fourth-order valence-corrected chi connectivity index (χ4v) is 1.14. The van der Waals surface area contributed by atoms with Crippen molar-refractivity contribution in [2.45, 2.75) is 0 Å². The fraction of sp³-hybridized carbons (Fsp3) is 0.214. The average Bonchev–Trinajstić information content (AvgIpc) is 2.45. The Hall–Kier alpha value is -2.45. The molecule has 0 N–H and O–H groups in total. The van der Waals surface area contributed by atoms with Gasteiger partial charge >= 0.3 is 0 Å². The van der Waals surface area contributed by atoms with Gasteiger partial charge in [0.1, 0.15) is 18.4 Å². The molecule has 0 amide bonds. The molecule has 5 heteroatoms. The first-order chi connectivity index (χ1) is 9.17. The third kappa shape index (κ3) is 5.15. The number of pyridine rings is 1. The van der Waals surface area contributed by atoms with Crippen LogP contribution in [-0.4, -0.2) is 31.5 Å². The first kappa shape index (κ1) is 14.6. The molecule has 0 fully saturated rings. The number of methoxy groups -OCH3 is 1. The summed E-state index contributed by atoms with van der Waals surface area (Å²) in [5.74, 6) is 0.520. The molecule has 1 rings (SSSR count). The van der Waals surface area contributed by atoms with Gasteiger partial charge in [0.25, 0.3) is 0 Å². The normalized spacial score (nSPS) is 10.1. The summed E-state index contributed by atoms with van der Waals surface area (Å²) >= 11 is 0. The Balaban J connectivity index is 2.61. The van der Waals surface area contributed by atoms with Gasteiger partial charge in [0, 0.05) is 31.2 Å². The highest BCUT2D eigenvalue weighted by Crippen LogP contribution is 2.13. The van der Waals surface area contributed by atoms with Gasteiger partial charge in [-0.05, 0) is 11.6 Å². The van der Waals surface area contributed by atoms with E-state index in [0.29, 0.717) is 24.7 Å². The summed E-state index contributed by atoms with van der Waals surface area (Å²) in [5, 5.41) is 8.53. The number of ether oxygens (including phenoxy) is 2. The Morgan fingerprint density at radius 2 is 2.26 bits per heavy atom. The molecule has 98 valence electrons. The third-order valence-electron chi connectivity index (χ3n) is 2.15. The number of rotatable bonds is 7. The summed E-state index contributed by atoms with van der Waals surface area (Å²) in [6, 6.07) is 5.39. The van der Waals surface area contributed by atoms with Crippen LogP contribution < -0.4 is 4.74 Å². The molecule has 1 aromatic heterocycles. The number of allylic oxidation sites excluding steroid dienone is 2. The molecule has 0 spiro atoms. The Bertz CT molecular complexity index is 512. The van der Waals surface area contributed by atoms with Gasteiger partial charge in [-0.15, -0.1) is 0 Å². The number of nitrogens with zero attached hydrogens (tertiary/aromatic N) is 3. The van der Waals surface area contributed by atoms with Gasteiger partial charge in [0.15, 0.2) is 0 Å². The van der Waals surface area contributed by atoms with Crippen molar-refractivity contribution in [1.82, 2.24) is 4.98 Å². The molecule has 0 saturated carbocycles. The second kappa shape index (κ2) is 7.80. The van der Waals surface area contributed by atoms with Gasteiger partial charge in [0.05, 0.1) is 6.61 Å². The fourth-order valence-electron chi connectivity index (χ4n) is 1.14. The highest BCUT2D eigenvalue weighted by atomic mass is 16.5. The van der Waals surface area contributed by atoms with Crippen molar-refractivity contribution in [3.8, 4) is 11.9 Å². The molecule has 0 aromatic carbocycles. The molecule has 0 aliphatic heterocycles. The smallest absolute Gasteiger partial charge is 0.213 e. The van der Waals surface area contributed by atoms with Crippen LogP contribution in [0.3, 0.4) is 0 Å². The van der Waals surface area contributed by atoms with Crippen molar-refractivity contribution in [3.05, 3.63) is 42.7 Å². The molecule has 0 aliphatic rings. The van der Waals surface area contributed by atoms with Gasteiger partial charge < -0.3 is 9.47 Å². The van der Waals surface area contributed by atoms with Crippen molar-refractivity contribution in [3.63, 3.8) is 0 Å². The third-order valence-corrected chi connectivity index (χ3v) is 2.15. The summed E-state index contributed by atoms with van der Waals surface area (Å²) in [6.07, 6.45) is 3.11. The van der Waals surface area contributed by atoms with E-state index in [4.69, 9.17) is 14.7 Å². The van der Waals surface area contributed by atoms with E-state index < -0.39 is 0 Å². The van der Waals surface area contributed by atoms with Gasteiger partial charge in [0.2, 0.25) is 5.88 Å². The molecule has 0 radical (unpaired) electrons.